The molecule has 26 heavy (non-hydrogen) atoms. The predicted molar refractivity (Wildman–Crippen MR) is 115 cm³/mol. The summed E-state index contributed by atoms with van der Waals surface area (Å²) in [4.78, 5) is 0. The zero-order valence-corrected chi connectivity index (χ0v) is 18.5. The van der Waals surface area contributed by atoms with Crippen LogP contribution in [0.25, 0.3) is 0 Å². The van der Waals surface area contributed by atoms with Gasteiger partial charge in [0.05, 0.1) is 6.61 Å². The minimum atomic E-state index is -0.0417. The Kier molecular flexibility index (Phi) is 8.40. The Balaban J connectivity index is 3.47. The molecular weight excluding hydrogens is 318 g/mol. The van der Waals surface area contributed by atoms with Crippen molar-refractivity contribution in [1.29, 1.82) is 0 Å². The maximum absolute atomic E-state index is 6.31. The van der Waals surface area contributed by atoms with Gasteiger partial charge < -0.3 is 10.5 Å². The second-order valence-electron chi connectivity index (χ2n) is 8.88. The van der Waals surface area contributed by atoms with Crippen molar-refractivity contribution in [2.45, 2.75) is 91.9 Å². The molecule has 0 aliphatic carbocycles. The van der Waals surface area contributed by atoms with Crippen LogP contribution in [0.15, 0.2) is 23.8 Å². The molecule has 0 atom stereocenters. The fraction of sp³-hybridized carbons (Fsp3) is 0.667. The van der Waals surface area contributed by atoms with Gasteiger partial charge in [0.2, 0.25) is 0 Å². The first-order valence-corrected chi connectivity index (χ1v) is 10.3. The van der Waals surface area contributed by atoms with Gasteiger partial charge in [-0.05, 0) is 55.7 Å². The number of allylic oxidation sites excluding steroid dienone is 2. The summed E-state index contributed by atoms with van der Waals surface area (Å²) >= 11 is 0. The smallest absolute Gasteiger partial charge is 0.126 e. The molecule has 0 aliphatic rings. The van der Waals surface area contributed by atoms with Crippen molar-refractivity contribution >= 4 is 0 Å². The molecule has 1 rings (SSSR count). The molecule has 0 radical (unpaired) electrons. The van der Waals surface area contributed by atoms with Crippen LogP contribution in [0.2, 0.25) is 0 Å². The van der Waals surface area contributed by atoms with Crippen LogP contribution in [-0.2, 0) is 10.8 Å². The lowest BCUT2D eigenvalue weighted by Crippen LogP contribution is -2.24. The summed E-state index contributed by atoms with van der Waals surface area (Å²) in [5.41, 5.74) is 11.1. The van der Waals surface area contributed by atoms with Crippen LogP contribution in [0.1, 0.15) is 90.8 Å². The number of rotatable bonds is 9. The molecule has 0 spiro atoms. The van der Waals surface area contributed by atoms with Crippen molar-refractivity contribution in [2.75, 3.05) is 13.2 Å². The Morgan fingerprint density at radius 2 is 1.73 bits per heavy atom. The lowest BCUT2D eigenvalue weighted by atomic mass is 9.73. The first-order valence-electron chi connectivity index (χ1n) is 10.3. The summed E-state index contributed by atoms with van der Waals surface area (Å²) in [6, 6.07) is 4.68. The van der Waals surface area contributed by atoms with E-state index in [0.29, 0.717) is 0 Å². The predicted octanol–water partition coefficient (Wildman–Crippen LogP) is 6.43. The molecule has 1 aromatic carbocycles. The fourth-order valence-corrected chi connectivity index (χ4v) is 3.54. The van der Waals surface area contributed by atoms with Crippen LogP contribution < -0.4 is 10.5 Å². The lowest BCUT2D eigenvalue weighted by molar-refractivity contribution is 0.298. The second-order valence-corrected chi connectivity index (χ2v) is 8.88. The molecule has 0 saturated heterocycles. The van der Waals surface area contributed by atoms with Gasteiger partial charge in [-0.1, -0.05) is 72.2 Å². The maximum Gasteiger partial charge on any atom is 0.126 e. The lowest BCUT2D eigenvalue weighted by Gasteiger charge is -2.33. The molecule has 0 bridgehead atoms. The third-order valence-corrected chi connectivity index (χ3v) is 5.29. The average molecular weight is 360 g/mol. The van der Waals surface area contributed by atoms with Crippen LogP contribution in [-0.4, -0.2) is 13.2 Å². The highest BCUT2D eigenvalue weighted by atomic mass is 16.5. The van der Waals surface area contributed by atoms with E-state index in [4.69, 9.17) is 10.5 Å². The average Bonchev–Trinajstić information content (AvgIpc) is 2.56. The number of nitrogens with two attached hydrogens (primary N) is 1. The van der Waals surface area contributed by atoms with Gasteiger partial charge >= 0.3 is 0 Å². The quantitative estimate of drug-likeness (QED) is 0.407. The fourth-order valence-electron chi connectivity index (χ4n) is 3.54. The number of benzene rings is 1. The van der Waals surface area contributed by atoms with Crippen LogP contribution in [0.3, 0.4) is 0 Å². The normalized spacial score (nSPS) is 13.2. The first-order chi connectivity index (χ1) is 12.1. The van der Waals surface area contributed by atoms with Crippen LogP contribution in [0, 0.1) is 6.92 Å². The SMILES string of the molecule is CC/C=C(\CC)C(C)(C)c1cc(C(C)(C)C)cc(C)c1OCCCCN. The van der Waals surface area contributed by atoms with Gasteiger partial charge in [0.15, 0.2) is 0 Å². The van der Waals surface area contributed by atoms with Gasteiger partial charge in [0.1, 0.15) is 5.75 Å². The third-order valence-electron chi connectivity index (χ3n) is 5.29. The highest BCUT2D eigenvalue weighted by molar-refractivity contribution is 5.52. The van der Waals surface area contributed by atoms with E-state index in [9.17, 15) is 0 Å². The molecule has 0 amide bonds. The van der Waals surface area contributed by atoms with E-state index in [0.717, 1.165) is 44.6 Å². The molecular formula is C24H41NO. The Bertz CT molecular complexity index is 605. The molecule has 0 aliphatic heterocycles. The minimum absolute atomic E-state index is 0.0417. The largest absolute Gasteiger partial charge is 0.493 e. The summed E-state index contributed by atoms with van der Waals surface area (Å²) < 4.78 is 6.31. The van der Waals surface area contributed by atoms with Crippen LogP contribution in [0.4, 0.5) is 0 Å². The summed E-state index contributed by atoms with van der Waals surface area (Å²) in [5.74, 6) is 1.07. The van der Waals surface area contributed by atoms with E-state index in [1.807, 2.05) is 0 Å². The van der Waals surface area contributed by atoms with Gasteiger partial charge in [-0.3, -0.25) is 0 Å². The standard InChI is InChI=1S/C24H41NO/c1-9-13-19(10-2)24(7,8)21-17-20(23(4,5)6)16-18(3)22(21)26-15-12-11-14-25/h13,16-17H,9-12,14-15,25H2,1-8H3/b19-13+. The van der Waals surface area contributed by atoms with Gasteiger partial charge in [-0.25, -0.2) is 0 Å². The molecule has 148 valence electrons. The monoisotopic (exact) mass is 359 g/mol. The third kappa shape index (κ3) is 5.61. The van der Waals surface area contributed by atoms with Crippen molar-refractivity contribution in [2.24, 2.45) is 5.73 Å². The van der Waals surface area contributed by atoms with Gasteiger partial charge in [-0.2, -0.15) is 0 Å². The number of hydrogen-bond acceptors (Lipinski definition) is 2. The van der Waals surface area contributed by atoms with Gasteiger partial charge in [-0.15, -0.1) is 0 Å². The molecule has 2 N–H and O–H groups in total. The molecule has 1 aromatic rings. The van der Waals surface area contributed by atoms with Crippen molar-refractivity contribution in [3.63, 3.8) is 0 Å². The molecule has 0 aromatic heterocycles. The maximum atomic E-state index is 6.31. The Morgan fingerprint density at radius 3 is 2.23 bits per heavy atom. The van der Waals surface area contributed by atoms with Crippen molar-refractivity contribution in [1.82, 2.24) is 0 Å². The van der Waals surface area contributed by atoms with Crippen molar-refractivity contribution < 1.29 is 4.74 Å². The highest BCUT2D eigenvalue weighted by Gasteiger charge is 2.30. The molecule has 0 heterocycles. The summed E-state index contributed by atoms with van der Waals surface area (Å²) in [6.07, 6.45) is 6.52. The van der Waals surface area contributed by atoms with Gasteiger partial charge in [0.25, 0.3) is 0 Å². The Hall–Kier alpha value is -1.28. The molecule has 0 unspecified atom stereocenters. The molecule has 0 saturated carbocycles. The summed E-state index contributed by atoms with van der Waals surface area (Å²) in [5, 5.41) is 0. The summed E-state index contributed by atoms with van der Waals surface area (Å²) in [7, 11) is 0. The number of aryl methyl sites for hydroxylation is 1. The number of unbranched alkanes of at least 4 members (excludes halogenated alkanes) is 1. The van der Waals surface area contributed by atoms with E-state index in [2.05, 4.69) is 73.6 Å². The Morgan fingerprint density at radius 1 is 1.08 bits per heavy atom. The van der Waals surface area contributed by atoms with E-state index in [-0.39, 0.29) is 10.8 Å². The molecule has 0 fully saturated rings. The van der Waals surface area contributed by atoms with Crippen molar-refractivity contribution in [3.05, 3.63) is 40.5 Å². The number of hydrogen-bond donors (Lipinski definition) is 1. The zero-order valence-electron chi connectivity index (χ0n) is 18.5. The minimum Gasteiger partial charge on any atom is -0.493 e. The first kappa shape index (κ1) is 22.8. The van der Waals surface area contributed by atoms with E-state index in [1.54, 1.807) is 0 Å². The van der Waals surface area contributed by atoms with E-state index in [1.165, 1.54) is 22.3 Å². The second kappa shape index (κ2) is 9.60. The Labute approximate surface area is 162 Å². The van der Waals surface area contributed by atoms with Crippen LogP contribution in [0.5, 0.6) is 5.75 Å². The topological polar surface area (TPSA) is 35.2 Å². The molecule has 2 heteroatoms. The highest BCUT2D eigenvalue weighted by Crippen LogP contribution is 2.43. The van der Waals surface area contributed by atoms with Crippen LogP contribution >= 0.6 is 0 Å². The molecule has 2 nitrogen and oxygen atoms in total. The van der Waals surface area contributed by atoms with E-state index >= 15 is 0 Å². The van der Waals surface area contributed by atoms with Gasteiger partial charge in [0, 0.05) is 11.0 Å². The number of ether oxygens (including phenoxy) is 1. The summed E-state index contributed by atoms with van der Waals surface area (Å²) in [6.45, 7) is 19.6. The van der Waals surface area contributed by atoms with Crippen molar-refractivity contribution in [3.8, 4) is 5.75 Å². The zero-order chi connectivity index (χ0) is 20.0. The van der Waals surface area contributed by atoms with E-state index < -0.39 is 0 Å².